The summed E-state index contributed by atoms with van der Waals surface area (Å²) in [6.45, 7) is 6.09. The highest BCUT2D eigenvalue weighted by Gasteiger charge is 2.13. The molecule has 0 aliphatic heterocycles. The zero-order chi connectivity index (χ0) is 15.5. The molecule has 0 unspecified atom stereocenters. The van der Waals surface area contributed by atoms with E-state index < -0.39 is 0 Å². The summed E-state index contributed by atoms with van der Waals surface area (Å²) in [5.74, 6) is 1.76. The van der Waals surface area contributed by atoms with E-state index in [0.717, 1.165) is 17.7 Å². The van der Waals surface area contributed by atoms with Crippen molar-refractivity contribution in [3.8, 4) is 5.69 Å². The maximum atomic E-state index is 5.50. The van der Waals surface area contributed by atoms with Crippen molar-refractivity contribution in [2.75, 3.05) is 0 Å². The molecule has 0 atom stereocenters. The van der Waals surface area contributed by atoms with Crippen molar-refractivity contribution in [3.05, 3.63) is 41.1 Å². The minimum atomic E-state index is 0.540. The number of rotatable bonds is 5. The zero-order valence-corrected chi connectivity index (χ0v) is 13.5. The summed E-state index contributed by atoms with van der Waals surface area (Å²) in [6.07, 6.45) is 0.734. The lowest BCUT2D eigenvalue weighted by Crippen LogP contribution is -2.02. The van der Waals surface area contributed by atoms with Crippen molar-refractivity contribution in [2.24, 2.45) is 0 Å². The summed E-state index contributed by atoms with van der Waals surface area (Å²) in [6, 6.07) is 6.17. The highest BCUT2D eigenvalue weighted by atomic mass is 32.2. The van der Waals surface area contributed by atoms with Crippen molar-refractivity contribution in [1.82, 2.24) is 30.4 Å². The Morgan fingerprint density at radius 3 is 2.68 bits per heavy atom. The molecule has 0 N–H and O–H groups in total. The molecule has 8 heteroatoms. The largest absolute Gasteiger partial charge is 0.424 e. The summed E-state index contributed by atoms with van der Waals surface area (Å²) in [5.41, 5.74) is 3.31. The highest BCUT2D eigenvalue weighted by Crippen LogP contribution is 2.24. The van der Waals surface area contributed by atoms with Gasteiger partial charge in [-0.3, -0.25) is 0 Å². The maximum absolute atomic E-state index is 5.50. The monoisotopic (exact) mass is 316 g/mol. The lowest BCUT2D eigenvalue weighted by molar-refractivity contribution is 0.469. The predicted octanol–water partition coefficient (Wildman–Crippen LogP) is 2.52. The van der Waals surface area contributed by atoms with Gasteiger partial charge in [0, 0.05) is 6.42 Å². The van der Waals surface area contributed by atoms with Crippen LogP contribution < -0.4 is 0 Å². The lowest BCUT2D eigenvalue weighted by Gasteiger charge is -2.07. The Morgan fingerprint density at radius 2 is 1.95 bits per heavy atom. The van der Waals surface area contributed by atoms with E-state index in [1.165, 1.54) is 17.3 Å². The van der Waals surface area contributed by atoms with E-state index in [0.29, 0.717) is 22.7 Å². The van der Waals surface area contributed by atoms with Gasteiger partial charge in [0.05, 0.1) is 11.4 Å². The summed E-state index contributed by atoms with van der Waals surface area (Å²) in [4.78, 5) is 0. The van der Waals surface area contributed by atoms with Gasteiger partial charge in [-0.25, -0.2) is 0 Å². The van der Waals surface area contributed by atoms with E-state index in [1.54, 1.807) is 4.68 Å². The van der Waals surface area contributed by atoms with Crippen molar-refractivity contribution >= 4 is 11.8 Å². The molecule has 114 valence electrons. The number of nitrogens with zero attached hydrogens (tertiary/aromatic N) is 6. The Balaban J connectivity index is 1.80. The van der Waals surface area contributed by atoms with Gasteiger partial charge < -0.3 is 4.42 Å². The molecule has 2 aromatic heterocycles. The third-order valence-corrected chi connectivity index (χ3v) is 4.06. The zero-order valence-electron chi connectivity index (χ0n) is 12.6. The first kappa shape index (κ1) is 14.7. The summed E-state index contributed by atoms with van der Waals surface area (Å²) in [5, 5.41) is 20.6. The van der Waals surface area contributed by atoms with Crippen molar-refractivity contribution < 1.29 is 4.42 Å². The SMILES string of the molecule is CCc1nnc(CSc2nnnn2-c2ccc(C)cc2C)o1. The molecule has 3 rings (SSSR count). The van der Waals surface area contributed by atoms with Gasteiger partial charge >= 0.3 is 0 Å². The molecule has 0 radical (unpaired) electrons. The quantitative estimate of drug-likeness (QED) is 0.669. The molecule has 0 amide bonds. The van der Waals surface area contributed by atoms with Crippen molar-refractivity contribution in [2.45, 2.75) is 38.1 Å². The number of thioether (sulfide) groups is 1. The minimum absolute atomic E-state index is 0.540. The third kappa shape index (κ3) is 3.01. The Kier molecular flexibility index (Phi) is 4.19. The van der Waals surface area contributed by atoms with Gasteiger partial charge in [0.25, 0.3) is 0 Å². The molecule has 3 aromatic rings. The van der Waals surface area contributed by atoms with Crippen LogP contribution in [-0.2, 0) is 12.2 Å². The fourth-order valence-electron chi connectivity index (χ4n) is 2.08. The van der Waals surface area contributed by atoms with Crippen LogP contribution in [0.2, 0.25) is 0 Å². The number of aromatic nitrogens is 6. The van der Waals surface area contributed by atoms with Gasteiger partial charge in [0.2, 0.25) is 16.9 Å². The van der Waals surface area contributed by atoms with Crippen LogP contribution in [-0.4, -0.2) is 30.4 Å². The average molecular weight is 316 g/mol. The summed E-state index contributed by atoms with van der Waals surface area (Å²) < 4.78 is 7.23. The van der Waals surface area contributed by atoms with E-state index in [1.807, 2.05) is 26.0 Å². The predicted molar refractivity (Wildman–Crippen MR) is 81.9 cm³/mol. The lowest BCUT2D eigenvalue weighted by atomic mass is 10.1. The van der Waals surface area contributed by atoms with Crippen LogP contribution in [0.4, 0.5) is 0 Å². The van der Waals surface area contributed by atoms with E-state index >= 15 is 0 Å². The standard InChI is InChI=1S/C14H16N6OS/c1-4-12-15-16-13(21-12)8-22-14-17-18-19-20(14)11-6-5-9(2)7-10(11)3/h5-7H,4,8H2,1-3H3. The fourth-order valence-corrected chi connectivity index (χ4v) is 2.80. The first-order valence-corrected chi connectivity index (χ1v) is 7.96. The van der Waals surface area contributed by atoms with Gasteiger partial charge in [-0.05, 0) is 35.9 Å². The van der Waals surface area contributed by atoms with E-state index in [4.69, 9.17) is 4.42 Å². The number of hydrogen-bond donors (Lipinski definition) is 0. The third-order valence-electron chi connectivity index (χ3n) is 3.16. The highest BCUT2D eigenvalue weighted by molar-refractivity contribution is 7.98. The Morgan fingerprint density at radius 1 is 1.14 bits per heavy atom. The van der Waals surface area contributed by atoms with Crippen LogP contribution in [0, 0.1) is 13.8 Å². The normalized spacial score (nSPS) is 11.0. The fraction of sp³-hybridized carbons (Fsp3) is 0.357. The van der Waals surface area contributed by atoms with Crippen molar-refractivity contribution in [1.29, 1.82) is 0 Å². The van der Waals surface area contributed by atoms with Gasteiger partial charge in [-0.15, -0.1) is 15.3 Å². The van der Waals surface area contributed by atoms with Gasteiger partial charge in [-0.2, -0.15) is 4.68 Å². The van der Waals surface area contributed by atoms with Crippen LogP contribution in [0.25, 0.3) is 5.69 Å². The molecule has 7 nitrogen and oxygen atoms in total. The molecule has 0 spiro atoms. The van der Waals surface area contributed by atoms with Gasteiger partial charge in [0.1, 0.15) is 0 Å². The second-order valence-corrected chi connectivity index (χ2v) is 5.84. The number of aryl methyl sites for hydroxylation is 3. The number of hydrogen-bond acceptors (Lipinski definition) is 7. The molecule has 2 heterocycles. The topological polar surface area (TPSA) is 82.5 Å². The second-order valence-electron chi connectivity index (χ2n) is 4.89. The van der Waals surface area contributed by atoms with Crippen LogP contribution in [0.3, 0.4) is 0 Å². The molecular weight excluding hydrogens is 300 g/mol. The molecule has 0 aliphatic rings. The molecule has 0 saturated carbocycles. The van der Waals surface area contributed by atoms with E-state index in [2.05, 4.69) is 38.7 Å². The van der Waals surface area contributed by atoms with Crippen LogP contribution in [0.1, 0.15) is 29.8 Å². The summed E-state index contributed by atoms with van der Waals surface area (Å²) >= 11 is 1.47. The average Bonchev–Trinajstić information content (AvgIpc) is 3.14. The smallest absolute Gasteiger partial charge is 0.226 e. The second kappa shape index (κ2) is 6.27. The Bertz CT molecular complexity index is 781. The van der Waals surface area contributed by atoms with Crippen molar-refractivity contribution in [3.63, 3.8) is 0 Å². The van der Waals surface area contributed by atoms with Gasteiger partial charge in [-0.1, -0.05) is 36.4 Å². The van der Waals surface area contributed by atoms with Crippen LogP contribution >= 0.6 is 11.8 Å². The molecular formula is C14H16N6OS. The molecule has 0 fully saturated rings. The molecule has 0 saturated heterocycles. The van der Waals surface area contributed by atoms with E-state index in [9.17, 15) is 0 Å². The van der Waals surface area contributed by atoms with Crippen LogP contribution in [0.15, 0.2) is 27.8 Å². The molecule has 22 heavy (non-hydrogen) atoms. The first-order valence-electron chi connectivity index (χ1n) is 6.97. The van der Waals surface area contributed by atoms with E-state index in [-0.39, 0.29) is 0 Å². The first-order chi connectivity index (χ1) is 10.7. The summed E-state index contributed by atoms with van der Waals surface area (Å²) in [7, 11) is 0. The Hall–Kier alpha value is -2.22. The molecule has 1 aromatic carbocycles. The van der Waals surface area contributed by atoms with Crippen LogP contribution in [0.5, 0.6) is 0 Å². The minimum Gasteiger partial charge on any atom is -0.424 e. The molecule has 0 aliphatic carbocycles. The maximum Gasteiger partial charge on any atom is 0.226 e. The number of benzene rings is 1. The van der Waals surface area contributed by atoms with Gasteiger partial charge in [0.15, 0.2) is 0 Å². The molecule has 0 bridgehead atoms. The Labute approximate surface area is 132 Å². The number of tetrazole rings is 1.